The lowest BCUT2D eigenvalue weighted by molar-refractivity contribution is -0.147. The number of aryl methyl sites for hydroxylation is 1. The Morgan fingerprint density at radius 1 is 1.19 bits per heavy atom. The molecule has 3 aromatic rings. The summed E-state index contributed by atoms with van der Waals surface area (Å²) in [5.41, 5.74) is 2.44. The minimum Gasteiger partial charge on any atom is -0.496 e. The average molecular weight is 404 g/mol. The third-order valence-electron chi connectivity index (χ3n) is 3.75. The number of esters is 1. The number of carbonyl (C=O) groups is 1. The van der Waals surface area contributed by atoms with Gasteiger partial charge >= 0.3 is 5.97 Å². The molecular weight excluding hydrogens is 386 g/mol. The van der Waals surface area contributed by atoms with E-state index in [4.69, 9.17) is 25.8 Å². The number of hydrogen-bond acceptors (Lipinski definition) is 6. The predicted molar refractivity (Wildman–Crippen MR) is 106 cm³/mol. The van der Waals surface area contributed by atoms with Crippen LogP contribution in [-0.2, 0) is 16.1 Å². The van der Waals surface area contributed by atoms with Crippen molar-refractivity contribution in [3.63, 3.8) is 0 Å². The number of ether oxygens (including phenoxy) is 3. The molecule has 2 aromatic carbocycles. The van der Waals surface area contributed by atoms with Crippen LogP contribution in [0.3, 0.4) is 0 Å². The molecule has 0 atom stereocenters. The van der Waals surface area contributed by atoms with E-state index < -0.39 is 5.97 Å². The molecule has 27 heavy (non-hydrogen) atoms. The van der Waals surface area contributed by atoms with Gasteiger partial charge in [0.2, 0.25) is 0 Å². The number of nitrogens with zero attached hydrogens (tertiary/aromatic N) is 1. The van der Waals surface area contributed by atoms with Crippen LogP contribution in [0.2, 0.25) is 5.02 Å². The van der Waals surface area contributed by atoms with Crippen molar-refractivity contribution < 1.29 is 19.0 Å². The van der Waals surface area contributed by atoms with Gasteiger partial charge in [0.05, 0.1) is 18.4 Å². The fourth-order valence-corrected chi connectivity index (χ4v) is 3.49. The fourth-order valence-electron chi connectivity index (χ4n) is 2.43. The Bertz CT molecular complexity index is 941. The van der Waals surface area contributed by atoms with Gasteiger partial charge < -0.3 is 14.2 Å². The maximum absolute atomic E-state index is 11.9. The zero-order valence-corrected chi connectivity index (χ0v) is 16.5. The van der Waals surface area contributed by atoms with Crippen LogP contribution in [-0.4, -0.2) is 24.7 Å². The highest BCUT2D eigenvalue weighted by Crippen LogP contribution is 2.32. The standard InChI is InChI=1S/C20H18ClNO4S/c1-13-9-14(21)7-8-17(13)25-11-19(23)26-10-15-12-27-20(22-15)16-5-3-4-6-18(16)24-2/h3-9,12H,10-11H2,1-2H3. The summed E-state index contributed by atoms with van der Waals surface area (Å²) < 4.78 is 16.1. The topological polar surface area (TPSA) is 57.7 Å². The van der Waals surface area contributed by atoms with Gasteiger partial charge in [-0.15, -0.1) is 11.3 Å². The number of para-hydroxylation sites is 1. The molecule has 140 valence electrons. The first-order valence-corrected chi connectivity index (χ1v) is 9.45. The highest BCUT2D eigenvalue weighted by atomic mass is 35.5. The first kappa shape index (κ1) is 19.2. The van der Waals surface area contributed by atoms with Crippen molar-refractivity contribution in [3.05, 3.63) is 64.1 Å². The largest absolute Gasteiger partial charge is 0.496 e. The molecule has 1 aromatic heterocycles. The normalized spacial score (nSPS) is 10.5. The van der Waals surface area contributed by atoms with E-state index in [2.05, 4.69) is 4.98 Å². The lowest BCUT2D eigenvalue weighted by atomic mass is 10.2. The SMILES string of the molecule is COc1ccccc1-c1nc(COC(=O)COc2ccc(Cl)cc2C)cs1. The van der Waals surface area contributed by atoms with Gasteiger partial charge in [-0.05, 0) is 42.8 Å². The number of thiazole rings is 1. The number of methoxy groups -OCH3 is 1. The summed E-state index contributed by atoms with van der Waals surface area (Å²) in [5.74, 6) is 0.891. The third kappa shape index (κ3) is 4.99. The first-order chi connectivity index (χ1) is 13.1. The molecule has 5 nitrogen and oxygen atoms in total. The van der Waals surface area contributed by atoms with E-state index in [0.717, 1.165) is 21.9 Å². The van der Waals surface area contributed by atoms with Gasteiger partial charge in [0, 0.05) is 10.4 Å². The van der Waals surface area contributed by atoms with Crippen LogP contribution in [0.25, 0.3) is 10.6 Å². The lowest BCUT2D eigenvalue weighted by Gasteiger charge is -2.09. The average Bonchev–Trinajstić information content (AvgIpc) is 3.14. The van der Waals surface area contributed by atoms with Gasteiger partial charge in [-0.1, -0.05) is 23.7 Å². The molecule has 0 bridgehead atoms. The zero-order valence-electron chi connectivity index (χ0n) is 14.9. The van der Waals surface area contributed by atoms with Crippen molar-refractivity contribution >= 4 is 28.9 Å². The van der Waals surface area contributed by atoms with Crippen molar-refractivity contribution in [2.24, 2.45) is 0 Å². The second-order valence-corrected chi connectivity index (χ2v) is 7.00. The Morgan fingerprint density at radius 2 is 2.00 bits per heavy atom. The van der Waals surface area contributed by atoms with Crippen LogP contribution in [0.4, 0.5) is 0 Å². The van der Waals surface area contributed by atoms with Crippen molar-refractivity contribution in [2.45, 2.75) is 13.5 Å². The number of aromatic nitrogens is 1. The number of hydrogen-bond donors (Lipinski definition) is 0. The zero-order chi connectivity index (χ0) is 19.2. The van der Waals surface area contributed by atoms with E-state index in [1.54, 1.807) is 25.3 Å². The molecule has 3 rings (SSSR count). The van der Waals surface area contributed by atoms with E-state index in [-0.39, 0.29) is 13.2 Å². The van der Waals surface area contributed by atoms with Gasteiger partial charge in [-0.25, -0.2) is 9.78 Å². The second-order valence-electron chi connectivity index (χ2n) is 5.70. The van der Waals surface area contributed by atoms with Crippen LogP contribution in [0.1, 0.15) is 11.3 Å². The van der Waals surface area contributed by atoms with E-state index in [9.17, 15) is 4.79 Å². The molecule has 0 saturated heterocycles. The summed E-state index contributed by atoms with van der Waals surface area (Å²) in [6.07, 6.45) is 0. The summed E-state index contributed by atoms with van der Waals surface area (Å²) in [6, 6.07) is 12.9. The van der Waals surface area contributed by atoms with Crippen molar-refractivity contribution in [1.29, 1.82) is 0 Å². The first-order valence-electron chi connectivity index (χ1n) is 8.19. The highest BCUT2D eigenvalue weighted by Gasteiger charge is 2.12. The molecule has 0 spiro atoms. The van der Waals surface area contributed by atoms with Gasteiger partial charge in [-0.3, -0.25) is 0 Å². The quantitative estimate of drug-likeness (QED) is 0.525. The monoisotopic (exact) mass is 403 g/mol. The molecule has 0 radical (unpaired) electrons. The minimum atomic E-state index is -0.462. The maximum atomic E-state index is 11.9. The highest BCUT2D eigenvalue weighted by molar-refractivity contribution is 7.13. The Morgan fingerprint density at radius 3 is 2.78 bits per heavy atom. The van der Waals surface area contributed by atoms with E-state index in [0.29, 0.717) is 16.5 Å². The molecule has 1 heterocycles. The molecule has 0 aliphatic rings. The smallest absolute Gasteiger partial charge is 0.344 e. The molecule has 0 saturated carbocycles. The van der Waals surface area contributed by atoms with Crippen molar-refractivity contribution in [1.82, 2.24) is 4.98 Å². The van der Waals surface area contributed by atoms with Crippen LogP contribution >= 0.6 is 22.9 Å². The van der Waals surface area contributed by atoms with Crippen LogP contribution in [0, 0.1) is 6.92 Å². The second kappa shape index (κ2) is 8.88. The van der Waals surface area contributed by atoms with Gasteiger partial charge in [0.15, 0.2) is 6.61 Å². The number of benzene rings is 2. The molecule has 0 amide bonds. The Labute approximate surface area is 166 Å². The summed E-state index contributed by atoms with van der Waals surface area (Å²) in [4.78, 5) is 16.4. The Balaban J connectivity index is 1.54. The van der Waals surface area contributed by atoms with Crippen LogP contribution < -0.4 is 9.47 Å². The van der Waals surface area contributed by atoms with Crippen molar-refractivity contribution in [2.75, 3.05) is 13.7 Å². The van der Waals surface area contributed by atoms with Crippen LogP contribution in [0.5, 0.6) is 11.5 Å². The summed E-state index contributed by atoms with van der Waals surface area (Å²) in [7, 11) is 1.62. The minimum absolute atomic E-state index is 0.0907. The molecular formula is C20H18ClNO4S. The third-order valence-corrected chi connectivity index (χ3v) is 4.91. The van der Waals surface area contributed by atoms with E-state index >= 15 is 0 Å². The van der Waals surface area contributed by atoms with Crippen molar-refractivity contribution in [3.8, 4) is 22.1 Å². The molecule has 7 heteroatoms. The Kier molecular flexibility index (Phi) is 6.32. The fraction of sp³-hybridized carbons (Fsp3) is 0.200. The van der Waals surface area contributed by atoms with Gasteiger partial charge in [0.1, 0.15) is 23.1 Å². The van der Waals surface area contributed by atoms with Gasteiger partial charge in [-0.2, -0.15) is 0 Å². The van der Waals surface area contributed by atoms with E-state index in [1.165, 1.54) is 11.3 Å². The maximum Gasteiger partial charge on any atom is 0.344 e. The molecule has 0 N–H and O–H groups in total. The van der Waals surface area contributed by atoms with Crippen LogP contribution in [0.15, 0.2) is 47.8 Å². The number of carbonyl (C=O) groups excluding carboxylic acids is 1. The summed E-state index contributed by atoms with van der Waals surface area (Å²) in [6.45, 7) is 1.78. The van der Waals surface area contributed by atoms with E-state index in [1.807, 2.05) is 36.6 Å². The molecule has 0 aliphatic heterocycles. The summed E-state index contributed by atoms with van der Waals surface area (Å²) >= 11 is 7.37. The molecule has 0 fully saturated rings. The predicted octanol–water partition coefficient (Wildman–Crippen LogP) is 4.90. The number of rotatable bonds is 7. The lowest BCUT2D eigenvalue weighted by Crippen LogP contribution is -2.15. The Hall–Kier alpha value is -2.57. The summed E-state index contributed by atoms with van der Waals surface area (Å²) in [5, 5.41) is 3.29. The van der Waals surface area contributed by atoms with Gasteiger partial charge in [0.25, 0.3) is 0 Å². The number of halogens is 1. The molecule has 0 aliphatic carbocycles. The molecule has 0 unspecified atom stereocenters.